The normalized spacial score (nSPS) is 51.9. The largest absolute Gasteiger partial charge is 0.387 e. The van der Waals surface area contributed by atoms with Crippen LogP contribution in [-0.4, -0.2) is 42.4 Å². The maximum Gasteiger partial charge on any atom is 0.169 e. The number of aliphatic hydroxyl groups excluding tert-OH is 1. The summed E-state index contributed by atoms with van der Waals surface area (Å²) in [7, 11) is 1.59. The fourth-order valence-corrected chi connectivity index (χ4v) is 2.00. The highest BCUT2D eigenvalue weighted by Crippen LogP contribution is 2.46. The van der Waals surface area contributed by atoms with Gasteiger partial charge in [0.15, 0.2) is 5.79 Å². The van der Waals surface area contributed by atoms with Crippen molar-refractivity contribution in [2.75, 3.05) is 13.7 Å². The van der Waals surface area contributed by atoms with Crippen LogP contribution in [0.4, 0.5) is 0 Å². The van der Waals surface area contributed by atoms with E-state index in [1.54, 1.807) is 13.2 Å². The molecule has 2 aliphatic heterocycles. The summed E-state index contributed by atoms with van der Waals surface area (Å²) in [5.74, 6) is -0.686. The van der Waals surface area contributed by atoms with Crippen molar-refractivity contribution < 1.29 is 19.3 Å². The Morgan fingerprint density at radius 3 is 2.71 bits per heavy atom. The molecule has 0 aromatic carbocycles. The van der Waals surface area contributed by atoms with Gasteiger partial charge in [0.05, 0.1) is 6.61 Å². The van der Waals surface area contributed by atoms with E-state index < -0.39 is 23.6 Å². The molecule has 2 aliphatic rings. The summed E-state index contributed by atoms with van der Waals surface area (Å²) in [5.41, 5.74) is -0.470. The van der Waals surface area contributed by atoms with E-state index in [9.17, 15) is 5.11 Å². The van der Waals surface area contributed by atoms with Crippen LogP contribution in [-0.2, 0) is 14.2 Å². The molecule has 0 saturated carbocycles. The standard InChI is InChI=1S/C10H16O4/c1-4-7-8(11)10(6-13-10)5-9(2,12-3)14-7/h4,7-8,11H,1,5-6H2,2-3H3/t7-,8-,9+,10-/m1/s1. The molecule has 2 fully saturated rings. The van der Waals surface area contributed by atoms with Gasteiger partial charge in [-0.15, -0.1) is 6.58 Å². The van der Waals surface area contributed by atoms with Gasteiger partial charge in [-0.3, -0.25) is 0 Å². The molecule has 4 heteroatoms. The zero-order valence-corrected chi connectivity index (χ0v) is 8.53. The predicted octanol–water partition coefficient (Wildman–Crippen LogP) is 0.454. The van der Waals surface area contributed by atoms with E-state index in [1.807, 2.05) is 6.92 Å². The Morgan fingerprint density at radius 1 is 1.64 bits per heavy atom. The van der Waals surface area contributed by atoms with E-state index in [-0.39, 0.29) is 0 Å². The fourth-order valence-electron chi connectivity index (χ4n) is 2.00. The molecule has 1 N–H and O–H groups in total. The molecule has 2 saturated heterocycles. The highest BCUT2D eigenvalue weighted by Gasteiger charge is 2.61. The van der Waals surface area contributed by atoms with E-state index >= 15 is 0 Å². The van der Waals surface area contributed by atoms with Crippen molar-refractivity contribution >= 4 is 0 Å². The lowest BCUT2D eigenvalue weighted by atomic mass is 9.88. The molecule has 0 aromatic rings. The van der Waals surface area contributed by atoms with E-state index in [4.69, 9.17) is 14.2 Å². The molecule has 80 valence electrons. The van der Waals surface area contributed by atoms with Gasteiger partial charge < -0.3 is 19.3 Å². The van der Waals surface area contributed by atoms with Gasteiger partial charge in [-0.05, 0) is 6.92 Å². The lowest BCUT2D eigenvalue weighted by Gasteiger charge is -2.42. The van der Waals surface area contributed by atoms with Gasteiger partial charge in [0, 0.05) is 13.5 Å². The van der Waals surface area contributed by atoms with Crippen LogP contribution in [0.25, 0.3) is 0 Å². The molecule has 0 aromatic heterocycles. The number of rotatable bonds is 2. The Labute approximate surface area is 83.5 Å². The van der Waals surface area contributed by atoms with Crippen molar-refractivity contribution in [3.63, 3.8) is 0 Å². The average Bonchev–Trinajstić information content (AvgIpc) is 2.93. The molecule has 4 atom stereocenters. The first-order valence-electron chi connectivity index (χ1n) is 4.73. The molecular weight excluding hydrogens is 184 g/mol. The van der Waals surface area contributed by atoms with E-state index in [2.05, 4.69) is 6.58 Å². The first-order chi connectivity index (χ1) is 6.55. The van der Waals surface area contributed by atoms with Gasteiger partial charge >= 0.3 is 0 Å². The maximum atomic E-state index is 9.91. The molecule has 0 amide bonds. The molecule has 0 aliphatic carbocycles. The number of epoxide rings is 1. The second-order valence-corrected chi connectivity index (χ2v) is 4.13. The molecule has 14 heavy (non-hydrogen) atoms. The quantitative estimate of drug-likeness (QED) is 0.519. The third-order valence-corrected chi connectivity index (χ3v) is 3.04. The minimum atomic E-state index is -0.686. The number of hydrogen-bond acceptors (Lipinski definition) is 4. The Kier molecular flexibility index (Phi) is 2.19. The van der Waals surface area contributed by atoms with Crippen molar-refractivity contribution in [1.82, 2.24) is 0 Å². The minimum absolute atomic E-state index is 0.420. The Morgan fingerprint density at radius 2 is 2.29 bits per heavy atom. The SMILES string of the molecule is C=C[C@H]1O[C@](C)(OC)C[C@@]2(CO2)[C@@H]1O. The van der Waals surface area contributed by atoms with Crippen molar-refractivity contribution in [3.05, 3.63) is 12.7 Å². The van der Waals surface area contributed by atoms with Gasteiger partial charge in [-0.1, -0.05) is 6.08 Å². The van der Waals surface area contributed by atoms with Crippen LogP contribution in [0, 0.1) is 0 Å². The van der Waals surface area contributed by atoms with Crippen molar-refractivity contribution in [1.29, 1.82) is 0 Å². The Hall–Kier alpha value is -0.420. The zero-order chi connectivity index (χ0) is 10.4. The van der Waals surface area contributed by atoms with Gasteiger partial charge in [-0.2, -0.15) is 0 Å². The minimum Gasteiger partial charge on any atom is -0.387 e. The molecular formula is C10H16O4. The lowest BCUT2D eigenvalue weighted by Crippen LogP contribution is -2.55. The van der Waals surface area contributed by atoms with Crippen molar-refractivity contribution in [2.45, 2.75) is 36.9 Å². The van der Waals surface area contributed by atoms with Crippen LogP contribution in [0.1, 0.15) is 13.3 Å². The van der Waals surface area contributed by atoms with E-state index in [0.29, 0.717) is 13.0 Å². The zero-order valence-electron chi connectivity index (χ0n) is 8.53. The number of hydrogen-bond donors (Lipinski definition) is 1. The fraction of sp³-hybridized carbons (Fsp3) is 0.800. The monoisotopic (exact) mass is 200 g/mol. The van der Waals surface area contributed by atoms with Crippen LogP contribution in [0.5, 0.6) is 0 Å². The predicted molar refractivity (Wildman–Crippen MR) is 49.8 cm³/mol. The first kappa shape index (κ1) is 10.1. The summed E-state index contributed by atoms with van der Waals surface area (Å²) in [6.45, 7) is 6.05. The summed E-state index contributed by atoms with van der Waals surface area (Å²) in [5, 5.41) is 9.91. The average molecular weight is 200 g/mol. The van der Waals surface area contributed by atoms with Gasteiger partial charge in [0.1, 0.15) is 17.8 Å². The van der Waals surface area contributed by atoms with Crippen molar-refractivity contribution in [3.8, 4) is 0 Å². The van der Waals surface area contributed by atoms with Crippen LogP contribution in [0.15, 0.2) is 12.7 Å². The van der Waals surface area contributed by atoms with Crippen molar-refractivity contribution in [2.24, 2.45) is 0 Å². The van der Waals surface area contributed by atoms with Gasteiger partial charge in [0.2, 0.25) is 0 Å². The number of methoxy groups -OCH3 is 1. The molecule has 2 rings (SSSR count). The first-order valence-corrected chi connectivity index (χ1v) is 4.73. The molecule has 1 spiro atoms. The molecule has 0 radical (unpaired) electrons. The Bertz CT molecular complexity index is 249. The van der Waals surface area contributed by atoms with E-state index in [1.165, 1.54) is 0 Å². The summed E-state index contributed by atoms with van der Waals surface area (Å²) in [6.07, 6.45) is 1.09. The van der Waals surface area contributed by atoms with Crippen LogP contribution in [0.3, 0.4) is 0 Å². The summed E-state index contributed by atoms with van der Waals surface area (Å²) >= 11 is 0. The topological polar surface area (TPSA) is 51.2 Å². The van der Waals surface area contributed by atoms with Gasteiger partial charge in [0.25, 0.3) is 0 Å². The molecule has 4 nitrogen and oxygen atoms in total. The Balaban J connectivity index is 2.20. The third kappa shape index (κ3) is 1.39. The molecule has 2 heterocycles. The third-order valence-electron chi connectivity index (χ3n) is 3.04. The number of aliphatic hydroxyl groups is 1. The highest BCUT2D eigenvalue weighted by molar-refractivity contribution is 5.11. The number of ether oxygens (including phenoxy) is 3. The molecule has 0 unspecified atom stereocenters. The highest BCUT2D eigenvalue weighted by atomic mass is 16.7. The van der Waals surface area contributed by atoms with Crippen LogP contribution >= 0.6 is 0 Å². The van der Waals surface area contributed by atoms with Crippen LogP contribution in [0.2, 0.25) is 0 Å². The maximum absolute atomic E-state index is 9.91. The summed E-state index contributed by atoms with van der Waals surface area (Å²) in [4.78, 5) is 0. The van der Waals surface area contributed by atoms with Gasteiger partial charge in [-0.25, -0.2) is 0 Å². The smallest absolute Gasteiger partial charge is 0.169 e. The summed E-state index contributed by atoms with van der Waals surface area (Å²) < 4.78 is 16.2. The molecule has 0 bridgehead atoms. The second-order valence-electron chi connectivity index (χ2n) is 4.13. The second kappa shape index (κ2) is 3.03. The summed E-state index contributed by atoms with van der Waals surface area (Å²) in [6, 6.07) is 0. The van der Waals surface area contributed by atoms with Crippen LogP contribution < -0.4 is 0 Å². The van der Waals surface area contributed by atoms with E-state index in [0.717, 1.165) is 0 Å². The lowest BCUT2D eigenvalue weighted by molar-refractivity contribution is -0.284.